The van der Waals surface area contributed by atoms with Gasteiger partial charge in [0.25, 0.3) is 0 Å². The first-order valence-electron chi connectivity index (χ1n) is 12.3. The molecule has 0 amide bonds. The van der Waals surface area contributed by atoms with Crippen LogP contribution in [0.25, 0.3) is 0 Å². The molecule has 0 aliphatic heterocycles. The van der Waals surface area contributed by atoms with Gasteiger partial charge in [-0.2, -0.15) is 0 Å². The summed E-state index contributed by atoms with van der Waals surface area (Å²) in [5, 5.41) is 5.57. The van der Waals surface area contributed by atoms with E-state index in [-0.39, 0.29) is 0 Å². The van der Waals surface area contributed by atoms with Gasteiger partial charge in [0.1, 0.15) is 0 Å². The minimum absolute atomic E-state index is 0.328. The molecule has 0 radical (unpaired) electrons. The van der Waals surface area contributed by atoms with Crippen molar-refractivity contribution in [3.8, 4) is 0 Å². The number of para-hydroxylation sites is 1. The molecule has 5 rings (SSSR count). The van der Waals surface area contributed by atoms with Crippen molar-refractivity contribution in [3.63, 3.8) is 0 Å². The van der Waals surface area contributed by atoms with Crippen LogP contribution in [0.15, 0.2) is 146 Å². The van der Waals surface area contributed by atoms with E-state index in [1.54, 1.807) is 0 Å². The maximum atomic E-state index is 2.44. The van der Waals surface area contributed by atoms with Gasteiger partial charge in [-0.25, -0.2) is 0 Å². The Bertz CT molecular complexity index is 1250. The quantitative estimate of drug-likeness (QED) is 0.221. The summed E-state index contributed by atoms with van der Waals surface area (Å²) in [4.78, 5) is 2.43. The highest BCUT2D eigenvalue weighted by Gasteiger charge is 2.41. The fourth-order valence-electron chi connectivity index (χ4n) is 5.29. The number of hydrogen-bond donors (Lipinski definition) is 0. The topological polar surface area (TPSA) is 3.24 Å². The normalized spacial score (nSPS) is 11.4. The van der Waals surface area contributed by atoms with Crippen LogP contribution in [0.2, 0.25) is 0 Å². The molecule has 0 spiro atoms. The van der Waals surface area contributed by atoms with Crippen molar-refractivity contribution in [2.24, 2.45) is 0 Å². The van der Waals surface area contributed by atoms with E-state index in [4.69, 9.17) is 0 Å². The first-order chi connectivity index (χ1) is 17.2. The number of rotatable bonds is 7. The second-order valence-electron chi connectivity index (χ2n) is 9.20. The summed E-state index contributed by atoms with van der Waals surface area (Å²) in [6.45, 7) is 4.52. The molecule has 2 heteroatoms. The summed E-state index contributed by atoms with van der Waals surface area (Å²) in [6.07, 6.45) is 0. The van der Waals surface area contributed by atoms with Crippen molar-refractivity contribution in [2.45, 2.75) is 19.9 Å². The molecule has 5 aromatic carbocycles. The molecule has 5 aromatic rings. The molecule has 0 fully saturated rings. The largest absolute Gasteiger partial charge is 0.339 e. The van der Waals surface area contributed by atoms with Crippen LogP contribution in [-0.2, 0) is 0 Å². The van der Waals surface area contributed by atoms with E-state index < -0.39 is 8.07 Å². The lowest BCUT2D eigenvalue weighted by Gasteiger charge is -2.36. The van der Waals surface area contributed by atoms with Crippen molar-refractivity contribution in [2.75, 3.05) is 4.90 Å². The van der Waals surface area contributed by atoms with Crippen molar-refractivity contribution in [1.29, 1.82) is 0 Å². The molecule has 0 aromatic heterocycles. The van der Waals surface area contributed by atoms with E-state index in [9.17, 15) is 0 Å². The van der Waals surface area contributed by atoms with Crippen LogP contribution >= 0.6 is 0 Å². The third-order valence-electron chi connectivity index (χ3n) is 6.73. The minimum atomic E-state index is -2.54. The molecular weight excluding hydrogens is 438 g/mol. The first kappa shape index (κ1) is 22.9. The van der Waals surface area contributed by atoms with Gasteiger partial charge in [0.05, 0.1) is 0 Å². The molecular formula is C33H31NSi. The zero-order valence-corrected chi connectivity index (χ0v) is 21.4. The van der Waals surface area contributed by atoms with Gasteiger partial charge in [0.15, 0.2) is 8.07 Å². The summed E-state index contributed by atoms with van der Waals surface area (Å²) in [6, 6.07) is 53.6. The second kappa shape index (κ2) is 10.2. The third-order valence-corrected chi connectivity index (χ3v) is 11.5. The Morgan fingerprint density at radius 2 is 0.800 bits per heavy atom. The highest BCUT2D eigenvalue weighted by molar-refractivity contribution is 7.19. The second-order valence-corrected chi connectivity index (χ2v) is 13.0. The Morgan fingerprint density at radius 1 is 0.429 bits per heavy atom. The van der Waals surface area contributed by atoms with Crippen LogP contribution in [0.3, 0.4) is 0 Å². The highest BCUT2D eigenvalue weighted by atomic mass is 28.3. The van der Waals surface area contributed by atoms with Crippen LogP contribution in [0.4, 0.5) is 11.4 Å². The molecule has 0 atom stereocenters. The number of anilines is 2. The molecule has 0 aliphatic rings. The Labute approximate surface area is 210 Å². The zero-order valence-electron chi connectivity index (χ0n) is 20.4. The molecule has 0 saturated heterocycles. The van der Waals surface area contributed by atoms with Gasteiger partial charge in [-0.15, -0.1) is 0 Å². The van der Waals surface area contributed by atoms with E-state index in [1.165, 1.54) is 32.1 Å². The van der Waals surface area contributed by atoms with Crippen molar-refractivity contribution >= 4 is 40.2 Å². The maximum Gasteiger partial charge on any atom is 0.179 e. The molecule has 0 N–H and O–H groups in total. The Balaban J connectivity index is 1.81. The average molecular weight is 470 g/mol. The molecule has 0 unspecified atom stereocenters. The highest BCUT2D eigenvalue weighted by Crippen LogP contribution is 2.27. The molecule has 35 heavy (non-hydrogen) atoms. The van der Waals surface area contributed by atoms with E-state index >= 15 is 0 Å². The molecule has 172 valence electrons. The molecule has 0 saturated carbocycles. The van der Waals surface area contributed by atoms with Gasteiger partial charge in [0, 0.05) is 17.4 Å². The van der Waals surface area contributed by atoms with Crippen LogP contribution in [0, 0.1) is 0 Å². The van der Waals surface area contributed by atoms with E-state index in [2.05, 4.69) is 164 Å². The SMILES string of the molecule is CC(C)N(c1ccccc1)c1cccc([Si](c2ccccc2)(c2ccccc2)c2ccccc2)c1. The zero-order chi connectivity index (χ0) is 24.1. The van der Waals surface area contributed by atoms with Gasteiger partial charge in [0.2, 0.25) is 0 Å². The summed E-state index contributed by atoms with van der Waals surface area (Å²) >= 11 is 0. The van der Waals surface area contributed by atoms with Gasteiger partial charge >= 0.3 is 0 Å². The van der Waals surface area contributed by atoms with Gasteiger partial charge in [-0.3, -0.25) is 0 Å². The lowest BCUT2D eigenvalue weighted by Crippen LogP contribution is -2.74. The maximum absolute atomic E-state index is 2.54. The van der Waals surface area contributed by atoms with E-state index in [0.717, 1.165) is 0 Å². The van der Waals surface area contributed by atoms with E-state index in [0.29, 0.717) is 6.04 Å². The lowest BCUT2D eigenvalue weighted by molar-refractivity contribution is 0.789. The van der Waals surface area contributed by atoms with E-state index in [1.807, 2.05) is 0 Å². The first-order valence-corrected chi connectivity index (χ1v) is 14.3. The fourth-order valence-corrected chi connectivity index (χ4v) is 10.1. The summed E-state index contributed by atoms with van der Waals surface area (Å²) < 4.78 is 0. The number of benzene rings is 5. The third kappa shape index (κ3) is 4.33. The Hall–Kier alpha value is -3.88. The Kier molecular flexibility index (Phi) is 6.65. The molecule has 0 aliphatic carbocycles. The minimum Gasteiger partial charge on any atom is -0.339 e. The summed E-state index contributed by atoms with van der Waals surface area (Å²) in [7, 11) is -2.54. The van der Waals surface area contributed by atoms with Gasteiger partial charge < -0.3 is 4.90 Å². The summed E-state index contributed by atoms with van der Waals surface area (Å²) in [5.41, 5.74) is 2.44. The van der Waals surface area contributed by atoms with Crippen LogP contribution in [0.5, 0.6) is 0 Å². The predicted molar refractivity (Wildman–Crippen MR) is 154 cm³/mol. The van der Waals surface area contributed by atoms with Gasteiger partial charge in [-0.05, 0) is 58.9 Å². The van der Waals surface area contributed by atoms with Crippen LogP contribution in [-0.4, -0.2) is 14.1 Å². The number of nitrogens with zero attached hydrogens (tertiary/aromatic N) is 1. The number of hydrogen-bond acceptors (Lipinski definition) is 1. The van der Waals surface area contributed by atoms with Crippen molar-refractivity contribution in [3.05, 3.63) is 146 Å². The molecule has 0 heterocycles. The fraction of sp³-hybridized carbons (Fsp3) is 0.0909. The van der Waals surface area contributed by atoms with Crippen LogP contribution < -0.4 is 25.6 Å². The predicted octanol–water partition coefficient (Wildman–Crippen LogP) is 5.61. The van der Waals surface area contributed by atoms with Gasteiger partial charge in [-0.1, -0.05) is 121 Å². The molecule has 1 nitrogen and oxygen atoms in total. The van der Waals surface area contributed by atoms with Crippen molar-refractivity contribution < 1.29 is 0 Å². The molecule has 0 bridgehead atoms. The standard InChI is InChI=1S/C33H31NSi/c1-27(2)34(28-16-7-3-8-17-28)29-18-15-25-33(26-29)35(30-19-9-4-10-20-30,31-21-11-5-12-22-31)32-23-13-6-14-24-32/h3-27H,1-2H3. The summed E-state index contributed by atoms with van der Waals surface area (Å²) in [5.74, 6) is 0. The smallest absolute Gasteiger partial charge is 0.179 e. The lowest BCUT2D eigenvalue weighted by atomic mass is 10.2. The Morgan fingerprint density at radius 3 is 1.23 bits per heavy atom. The average Bonchev–Trinajstić information content (AvgIpc) is 2.92. The van der Waals surface area contributed by atoms with Crippen LogP contribution in [0.1, 0.15) is 13.8 Å². The monoisotopic (exact) mass is 469 g/mol. The van der Waals surface area contributed by atoms with Crippen molar-refractivity contribution in [1.82, 2.24) is 0 Å².